The molecule has 4 aromatic rings. The molecule has 0 atom stereocenters. The number of imidazole rings is 1. The Morgan fingerprint density at radius 3 is 2.70 bits per heavy atom. The molecule has 0 aliphatic rings. The van der Waals surface area contributed by atoms with E-state index < -0.39 is 0 Å². The molecule has 0 saturated carbocycles. The van der Waals surface area contributed by atoms with Gasteiger partial charge in [-0.1, -0.05) is 12.1 Å². The van der Waals surface area contributed by atoms with Crippen molar-refractivity contribution in [3.63, 3.8) is 0 Å². The number of aromatic nitrogens is 4. The monoisotopic (exact) mass is 306 g/mol. The Labute approximate surface area is 132 Å². The maximum atomic E-state index is 5.19. The van der Waals surface area contributed by atoms with Gasteiger partial charge in [-0.25, -0.2) is 9.61 Å². The molecule has 0 unspecified atom stereocenters. The van der Waals surface area contributed by atoms with Gasteiger partial charge < -0.3 is 9.30 Å². The largest absolute Gasteiger partial charge is 0.497 e. The van der Waals surface area contributed by atoms with Gasteiger partial charge in [-0.05, 0) is 46.2 Å². The minimum atomic E-state index is 0.724. The fraction of sp³-hybridized carbons (Fsp3) is 0.118. The van der Waals surface area contributed by atoms with Crippen LogP contribution in [0, 0.1) is 0 Å². The van der Waals surface area contributed by atoms with Crippen LogP contribution in [0.2, 0.25) is 0 Å². The Hall–Kier alpha value is -3.15. The van der Waals surface area contributed by atoms with Gasteiger partial charge in [0.2, 0.25) is 0 Å². The third kappa shape index (κ3) is 2.55. The minimum absolute atomic E-state index is 0.724. The van der Waals surface area contributed by atoms with Gasteiger partial charge in [0.1, 0.15) is 22.6 Å². The van der Waals surface area contributed by atoms with Gasteiger partial charge in [0.25, 0.3) is 0 Å². The zero-order chi connectivity index (χ0) is 15.6. The Bertz CT molecular complexity index is 941. The Morgan fingerprint density at radius 1 is 1.04 bits per heavy atom. The maximum absolute atomic E-state index is 5.19. The number of rotatable bonds is 4. The smallest absolute Gasteiger partial charge is 0.140 e. The van der Waals surface area contributed by atoms with Crippen molar-refractivity contribution in [3.8, 4) is 17.1 Å². The molecule has 0 amide bonds. The summed E-state index contributed by atoms with van der Waals surface area (Å²) >= 11 is 0. The first kappa shape index (κ1) is 13.5. The molecule has 0 spiro atoms. The van der Waals surface area contributed by atoms with Gasteiger partial charge in [-0.3, -0.25) is 0 Å². The van der Waals surface area contributed by atoms with E-state index in [0.29, 0.717) is 0 Å². The standard InChI is InChI=1S/C17H14N4O2/c1-22-14-5-2-12(3-6-14)11-21-9-8-18-17(21)13-4-7-15-16(10-13)20-23-19-15/h2-10H,11H2,1H3. The normalized spacial score (nSPS) is 11.0. The first-order chi connectivity index (χ1) is 11.3. The van der Waals surface area contributed by atoms with E-state index in [4.69, 9.17) is 9.37 Å². The molecule has 0 aliphatic heterocycles. The van der Waals surface area contributed by atoms with Gasteiger partial charge in [0, 0.05) is 24.5 Å². The van der Waals surface area contributed by atoms with Crippen molar-refractivity contribution in [1.29, 1.82) is 0 Å². The zero-order valence-corrected chi connectivity index (χ0v) is 12.5. The predicted molar refractivity (Wildman–Crippen MR) is 85.1 cm³/mol. The highest BCUT2D eigenvalue weighted by atomic mass is 16.6. The summed E-state index contributed by atoms with van der Waals surface area (Å²) in [6, 6.07) is 13.8. The second kappa shape index (κ2) is 5.57. The highest BCUT2D eigenvalue weighted by Crippen LogP contribution is 2.22. The zero-order valence-electron chi connectivity index (χ0n) is 12.5. The number of hydrogen-bond acceptors (Lipinski definition) is 5. The molecule has 2 aromatic carbocycles. The number of hydrogen-bond donors (Lipinski definition) is 0. The average Bonchev–Trinajstić information content (AvgIpc) is 3.23. The van der Waals surface area contributed by atoms with E-state index >= 15 is 0 Å². The van der Waals surface area contributed by atoms with Crippen molar-refractivity contribution >= 4 is 11.0 Å². The summed E-state index contributed by atoms with van der Waals surface area (Å²) in [4.78, 5) is 4.47. The molecule has 0 aliphatic carbocycles. The molecule has 2 heterocycles. The molecule has 4 rings (SSSR count). The molecule has 0 radical (unpaired) electrons. The van der Waals surface area contributed by atoms with Crippen LogP contribution >= 0.6 is 0 Å². The molecular weight excluding hydrogens is 292 g/mol. The van der Waals surface area contributed by atoms with Crippen LogP contribution in [0.4, 0.5) is 0 Å². The number of benzene rings is 2. The lowest BCUT2D eigenvalue weighted by molar-refractivity contribution is 0.315. The summed E-state index contributed by atoms with van der Waals surface area (Å²) in [6.45, 7) is 0.731. The summed E-state index contributed by atoms with van der Waals surface area (Å²) in [5.41, 5.74) is 3.62. The van der Waals surface area contributed by atoms with E-state index in [2.05, 4.69) is 19.9 Å². The van der Waals surface area contributed by atoms with Crippen LogP contribution in [0.3, 0.4) is 0 Å². The summed E-state index contributed by atoms with van der Waals surface area (Å²) in [7, 11) is 1.66. The van der Waals surface area contributed by atoms with Crippen molar-refractivity contribution in [2.24, 2.45) is 0 Å². The third-order valence-electron chi connectivity index (χ3n) is 3.74. The molecule has 0 bridgehead atoms. The van der Waals surface area contributed by atoms with Crippen molar-refractivity contribution < 1.29 is 9.37 Å². The second-order valence-electron chi connectivity index (χ2n) is 5.19. The van der Waals surface area contributed by atoms with Crippen molar-refractivity contribution in [2.75, 3.05) is 7.11 Å². The van der Waals surface area contributed by atoms with Crippen LogP contribution in [0.25, 0.3) is 22.4 Å². The van der Waals surface area contributed by atoms with Crippen LogP contribution in [0.15, 0.2) is 59.5 Å². The number of methoxy groups -OCH3 is 1. The lowest BCUT2D eigenvalue weighted by Crippen LogP contribution is -2.01. The number of nitrogens with zero attached hydrogens (tertiary/aromatic N) is 4. The Morgan fingerprint density at radius 2 is 1.87 bits per heavy atom. The molecule has 6 heteroatoms. The fourth-order valence-electron chi connectivity index (χ4n) is 2.55. The lowest BCUT2D eigenvalue weighted by atomic mass is 10.1. The predicted octanol–water partition coefficient (Wildman–Crippen LogP) is 3.14. The highest BCUT2D eigenvalue weighted by Gasteiger charge is 2.09. The minimum Gasteiger partial charge on any atom is -0.497 e. The first-order valence-corrected chi connectivity index (χ1v) is 7.20. The third-order valence-corrected chi connectivity index (χ3v) is 3.74. The Kier molecular flexibility index (Phi) is 3.27. The van der Waals surface area contributed by atoms with E-state index in [1.165, 1.54) is 5.56 Å². The second-order valence-corrected chi connectivity index (χ2v) is 5.19. The average molecular weight is 306 g/mol. The fourth-order valence-corrected chi connectivity index (χ4v) is 2.55. The van der Waals surface area contributed by atoms with Crippen LogP contribution in [-0.4, -0.2) is 27.0 Å². The molecule has 6 nitrogen and oxygen atoms in total. The lowest BCUT2D eigenvalue weighted by Gasteiger charge is -2.09. The molecule has 2 aromatic heterocycles. The van der Waals surface area contributed by atoms with Gasteiger partial charge >= 0.3 is 0 Å². The van der Waals surface area contributed by atoms with Crippen LogP contribution in [0.1, 0.15) is 5.56 Å². The quantitative estimate of drug-likeness (QED) is 0.579. The number of fused-ring (bicyclic) bond motifs is 1. The van der Waals surface area contributed by atoms with E-state index in [1.54, 1.807) is 13.3 Å². The first-order valence-electron chi connectivity index (χ1n) is 7.20. The molecule has 0 saturated heterocycles. The highest BCUT2D eigenvalue weighted by molar-refractivity contribution is 5.79. The summed E-state index contributed by atoms with van der Waals surface area (Å²) in [5.74, 6) is 1.73. The van der Waals surface area contributed by atoms with Gasteiger partial charge in [0.15, 0.2) is 0 Å². The van der Waals surface area contributed by atoms with Crippen LogP contribution in [-0.2, 0) is 6.54 Å². The summed E-state index contributed by atoms with van der Waals surface area (Å²) < 4.78 is 12.0. The summed E-state index contributed by atoms with van der Waals surface area (Å²) in [5, 5.41) is 7.71. The van der Waals surface area contributed by atoms with Gasteiger partial charge in [-0.2, -0.15) is 0 Å². The van der Waals surface area contributed by atoms with E-state index in [-0.39, 0.29) is 0 Å². The van der Waals surface area contributed by atoms with Gasteiger partial charge in [0.05, 0.1) is 7.11 Å². The topological polar surface area (TPSA) is 66.0 Å². The molecule has 0 N–H and O–H groups in total. The SMILES string of the molecule is COc1ccc(Cn2ccnc2-c2ccc3nonc3c2)cc1. The molecule has 114 valence electrons. The molecule has 0 fully saturated rings. The van der Waals surface area contributed by atoms with Crippen molar-refractivity contribution in [2.45, 2.75) is 6.54 Å². The number of ether oxygens (including phenoxy) is 1. The van der Waals surface area contributed by atoms with Crippen LogP contribution < -0.4 is 4.74 Å². The van der Waals surface area contributed by atoms with Crippen molar-refractivity contribution in [3.05, 3.63) is 60.4 Å². The molecular formula is C17H14N4O2. The van der Waals surface area contributed by atoms with E-state index in [0.717, 1.165) is 34.7 Å². The van der Waals surface area contributed by atoms with Gasteiger partial charge in [-0.15, -0.1) is 0 Å². The maximum Gasteiger partial charge on any atom is 0.140 e. The Balaban J connectivity index is 1.66. The molecule has 23 heavy (non-hydrogen) atoms. The van der Waals surface area contributed by atoms with E-state index in [1.807, 2.05) is 48.7 Å². The van der Waals surface area contributed by atoms with Crippen molar-refractivity contribution in [1.82, 2.24) is 19.9 Å². The summed E-state index contributed by atoms with van der Waals surface area (Å²) in [6.07, 6.45) is 3.76. The van der Waals surface area contributed by atoms with Crippen LogP contribution in [0.5, 0.6) is 5.75 Å². The van der Waals surface area contributed by atoms with E-state index in [9.17, 15) is 0 Å².